The van der Waals surface area contributed by atoms with E-state index >= 15 is 0 Å². The topological polar surface area (TPSA) is 0 Å². The van der Waals surface area contributed by atoms with Crippen molar-refractivity contribution in [1.82, 2.24) is 0 Å². The summed E-state index contributed by atoms with van der Waals surface area (Å²) < 4.78 is 0. The van der Waals surface area contributed by atoms with E-state index in [2.05, 4.69) is 76.2 Å². The molecule has 120 valence electrons. The van der Waals surface area contributed by atoms with E-state index in [0.29, 0.717) is 5.41 Å². The normalized spacial score (nSPS) is 14.3. The highest BCUT2D eigenvalue weighted by Crippen LogP contribution is 2.33. The summed E-state index contributed by atoms with van der Waals surface area (Å²) in [4.78, 5) is 0. The summed E-state index contributed by atoms with van der Waals surface area (Å²) in [5, 5.41) is 5.64. The first-order valence-electron chi connectivity index (χ1n) is 8.86. The van der Waals surface area contributed by atoms with E-state index in [1.54, 1.807) is 11.1 Å². The molecule has 0 heterocycles. The predicted molar refractivity (Wildman–Crippen MR) is 103 cm³/mol. The molecule has 0 heteroatoms. The van der Waals surface area contributed by atoms with Crippen LogP contribution in [0.15, 0.2) is 48.5 Å². The van der Waals surface area contributed by atoms with E-state index in [1.807, 2.05) is 0 Å². The molecule has 0 nitrogen and oxygen atoms in total. The second-order valence-corrected chi connectivity index (χ2v) is 8.29. The first-order chi connectivity index (χ1) is 10.9. The zero-order valence-corrected chi connectivity index (χ0v) is 14.9. The van der Waals surface area contributed by atoms with Gasteiger partial charge in [0.2, 0.25) is 0 Å². The SMILES string of the molecule is CC(C)(C)C.c1ccc2c(c1)ccc1c3c(ccc12)CCCC3. The van der Waals surface area contributed by atoms with Crippen molar-refractivity contribution in [2.75, 3.05) is 0 Å². The Morgan fingerprint density at radius 3 is 2.09 bits per heavy atom. The van der Waals surface area contributed by atoms with Crippen molar-refractivity contribution >= 4 is 21.5 Å². The monoisotopic (exact) mass is 304 g/mol. The molecule has 0 fully saturated rings. The van der Waals surface area contributed by atoms with Gasteiger partial charge >= 0.3 is 0 Å². The van der Waals surface area contributed by atoms with Gasteiger partial charge in [-0.3, -0.25) is 0 Å². The molecule has 0 saturated carbocycles. The van der Waals surface area contributed by atoms with Crippen LogP contribution in [0.1, 0.15) is 51.7 Å². The summed E-state index contributed by atoms with van der Waals surface area (Å²) in [6.45, 7) is 8.75. The van der Waals surface area contributed by atoms with Gasteiger partial charge in [-0.05, 0) is 63.8 Å². The van der Waals surface area contributed by atoms with Gasteiger partial charge in [0.05, 0.1) is 0 Å². The molecule has 0 amide bonds. The fraction of sp³-hybridized carbons (Fsp3) is 0.391. The van der Waals surface area contributed by atoms with Crippen molar-refractivity contribution in [3.8, 4) is 0 Å². The van der Waals surface area contributed by atoms with E-state index in [1.165, 1.54) is 47.2 Å². The third kappa shape index (κ3) is 3.75. The number of aryl methyl sites for hydroxylation is 2. The lowest BCUT2D eigenvalue weighted by Gasteiger charge is -2.18. The van der Waals surface area contributed by atoms with Crippen LogP contribution in [0.25, 0.3) is 21.5 Å². The molecule has 0 aliphatic heterocycles. The summed E-state index contributed by atoms with van der Waals surface area (Å²) >= 11 is 0. The quantitative estimate of drug-likeness (QED) is 0.395. The summed E-state index contributed by atoms with van der Waals surface area (Å²) in [7, 11) is 0. The number of hydrogen-bond donors (Lipinski definition) is 0. The second kappa shape index (κ2) is 6.35. The Bertz CT molecular complexity index is 812. The summed E-state index contributed by atoms with van der Waals surface area (Å²) in [6.07, 6.45) is 5.22. The van der Waals surface area contributed by atoms with Crippen molar-refractivity contribution in [2.45, 2.75) is 53.4 Å². The van der Waals surface area contributed by atoms with Crippen molar-refractivity contribution in [2.24, 2.45) is 5.41 Å². The number of hydrogen-bond acceptors (Lipinski definition) is 0. The van der Waals surface area contributed by atoms with E-state index in [4.69, 9.17) is 0 Å². The van der Waals surface area contributed by atoms with E-state index < -0.39 is 0 Å². The van der Waals surface area contributed by atoms with Crippen LogP contribution in [-0.4, -0.2) is 0 Å². The molecule has 3 aromatic rings. The van der Waals surface area contributed by atoms with Crippen molar-refractivity contribution in [3.63, 3.8) is 0 Å². The van der Waals surface area contributed by atoms with Crippen LogP contribution >= 0.6 is 0 Å². The molecule has 3 aromatic carbocycles. The molecule has 4 rings (SSSR count). The second-order valence-electron chi connectivity index (χ2n) is 8.29. The highest BCUT2D eigenvalue weighted by molar-refractivity contribution is 6.08. The Morgan fingerprint density at radius 2 is 1.30 bits per heavy atom. The zero-order chi connectivity index (χ0) is 16.4. The molecule has 1 aliphatic rings. The molecule has 0 aromatic heterocycles. The molecule has 0 bridgehead atoms. The van der Waals surface area contributed by atoms with Gasteiger partial charge in [0.15, 0.2) is 0 Å². The Morgan fingerprint density at radius 1 is 0.652 bits per heavy atom. The van der Waals surface area contributed by atoms with Gasteiger partial charge in [0.1, 0.15) is 0 Å². The van der Waals surface area contributed by atoms with Gasteiger partial charge in [-0.1, -0.05) is 76.2 Å². The summed E-state index contributed by atoms with van der Waals surface area (Å²) in [5.74, 6) is 0. The maximum absolute atomic E-state index is 2.35. The molecule has 0 unspecified atom stereocenters. The highest BCUT2D eigenvalue weighted by Gasteiger charge is 2.13. The third-order valence-electron chi connectivity index (χ3n) is 4.26. The maximum Gasteiger partial charge on any atom is -0.0102 e. The lowest BCUT2D eigenvalue weighted by atomic mass is 9.86. The number of rotatable bonds is 0. The minimum Gasteiger partial charge on any atom is -0.0616 e. The average Bonchev–Trinajstić information content (AvgIpc) is 2.52. The smallest absolute Gasteiger partial charge is 0.0102 e. The Labute approximate surface area is 140 Å². The molecule has 23 heavy (non-hydrogen) atoms. The van der Waals surface area contributed by atoms with Crippen LogP contribution in [0.4, 0.5) is 0 Å². The Kier molecular flexibility index (Phi) is 4.43. The van der Waals surface area contributed by atoms with Crippen LogP contribution < -0.4 is 0 Å². The molecule has 0 radical (unpaired) electrons. The molecule has 1 aliphatic carbocycles. The summed E-state index contributed by atoms with van der Waals surface area (Å²) in [6, 6.07) is 18.0. The van der Waals surface area contributed by atoms with Crippen molar-refractivity contribution in [1.29, 1.82) is 0 Å². The molecule has 0 N–H and O–H groups in total. The molecular formula is C23H28. The number of fused-ring (bicyclic) bond motifs is 5. The van der Waals surface area contributed by atoms with Gasteiger partial charge in [0, 0.05) is 0 Å². The van der Waals surface area contributed by atoms with E-state index in [-0.39, 0.29) is 0 Å². The van der Waals surface area contributed by atoms with Gasteiger partial charge in [-0.15, -0.1) is 0 Å². The average molecular weight is 304 g/mol. The molecule has 0 spiro atoms. The van der Waals surface area contributed by atoms with Gasteiger partial charge < -0.3 is 0 Å². The van der Waals surface area contributed by atoms with Crippen LogP contribution in [-0.2, 0) is 12.8 Å². The molecule has 0 saturated heterocycles. The lowest BCUT2D eigenvalue weighted by Crippen LogP contribution is -2.02. The van der Waals surface area contributed by atoms with Gasteiger partial charge in [-0.25, -0.2) is 0 Å². The van der Waals surface area contributed by atoms with Crippen LogP contribution in [0.3, 0.4) is 0 Å². The minimum atomic E-state index is 0.500. The first-order valence-corrected chi connectivity index (χ1v) is 8.86. The highest BCUT2D eigenvalue weighted by atomic mass is 14.2. The lowest BCUT2D eigenvalue weighted by molar-refractivity contribution is 0.469. The van der Waals surface area contributed by atoms with Gasteiger partial charge in [0.25, 0.3) is 0 Å². The standard InChI is InChI=1S/C18H16.C5H12/c1-3-7-15-13(5-1)9-11-18-16-8-4-2-6-14(16)10-12-17(15)18;1-5(2,3)4/h1,3,5,7,9-12H,2,4,6,8H2;1-4H3. The zero-order valence-electron chi connectivity index (χ0n) is 14.9. The fourth-order valence-corrected chi connectivity index (χ4v) is 3.34. The molecule has 0 atom stereocenters. The molecular weight excluding hydrogens is 276 g/mol. The van der Waals surface area contributed by atoms with Gasteiger partial charge in [-0.2, -0.15) is 0 Å². The Hall–Kier alpha value is -1.82. The predicted octanol–water partition coefficient (Wildman–Crippen LogP) is 6.92. The van der Waals surface area contributed by atoms with E-state index in [9.17, 15) is 0 Å². The van der Waals surface area contributed by atoms with Crippen LogP contribution in [0.5, 0.6) is 0 Å². The first kappa shape index (κ1) is 16.1. The van der Waals surface area contributed by atoms with Crippen molar-refractivity contribution in [3.05, 3.63) is 59.7 Å². The summed E-state index contributed by atoms with van der Waals surface area (Å²) in [5.41, 5.74) is 3.67. The number of benzene rings is 3. The maximum atomic E-state index is 2.35. The Balaban J connectivity index is 0.000000276. The third-order valence-corrected chi connectivity index (χ3v) is 4.26. The van der Waals surface area contributed by atoms with E-state index in [0.717, 1.165) is 0 Å². The van der Waals surface area contributed by atoms with Crippen molar-refractivity contribution < 1.29 is 0 Å². The fourth-order valence-electron chi connectivity index (χ4n) is 3.34. The van der Waals surface area contributed by atoms with Crippen LogP contribution in [0.2, 0.25) is 0 Å². The minimum absolute atomic E-state index is 0.500. The largest absolute Gasteiger partial charge is 0.0616 e. The van der Waals surface area contributed by atoms with Crippen LogP contribution in [0, 0.1) is 5.41 Å².